The van der Waals surface area contributed by atoms with E-state index in [0.717, 1.165) is 19.3 Å². The van der Waals surface area contributed by atoms with Crippen LogP contribution in [0.25, 0.3) is 5.69 Å². The van der Waals surface area contributed by atoms with Crippen LogP contribution in [0.1, 0.15) is 35.3 Å². The number of para-hydroxylation sites is 1. The van der Waals surface area contributed by atoms with Crippen LogP contribution in [0.15, 0.2) is 30.5 Å². The van der Waals surface area contributed by atoms with Crippen molar-refractivity contribution in [1.82, 2.24) is 9.78 Å². The first-order valence-corrected chi connectivity index (χ1v) is 7.75. The Morgan fingerprint density at radius 2 is 2.26 bits per heavy atom. The monoisotopic (exact) mass is 318 g/mol. The fourth-order valence-electron chi connectivity index (χ4n) is 2.66. The average Bonchev–Trinajstić information content (AvgIpc) is 2.95. The molecule has 1 aliphatic rings. The Labute approximate surface area is 134 Å². The van der Waals surface area contributed by atoms with E-state index in [1.807, 2.05) is 0 Å². The van der Waals surface area contributed by atoms with E-state index in [-0.39, 0.29) is 12.7 Å². The maximum absolute atomic E-state index is 13.9. The topological polar surface area (TPSA) is 53.4 Å². The summed E-state index contributed by atoms with van der Waals surface area (Å²) < 4.78 is 26.1. The number of benzene rings is 1. The molecule has 5 nitrogen and oxygen atoms in total. The third kappa shape index (κ3) is 3.42. The Balaban J connectivity index is 1.71. The van der Waals surface area contributed by atoms with Gasteiger partial charge in [0.1, 0.15) is 23.7 Å². The number of carbonyl (C=O) groups excluding carboxylic acids is 1. The molecule has 0 bridgehead atoms. The molecule has 0 N–H and O–H groups in total. The van der Waals surface area contributed by atoms with Gasteiger partial charge in [0.25, 0.3) is 0 Å². The van der Waals surface area contributed by atoms with Gasteiger partial charge in [-0.05, 0) is 38.3 Å². The van der Waals surface area contributed by atoms with Crippen LogP contribution in [0, 0.1) is 12.7 Å². The minimum atomic E-state index is -0.459. The zero-order chi connectivity index (χ0) is 16.2. The molecule has 3 rings (SSSR count). The highest BCUT2D eigenvalue weighted by molar-refractivity contribution is 5.90. The lowest BCUT2D eigenvalue weighted by Crippen LogP contribution is -2.26. The van der Waals surface area contributed by atoms with Gasteiger partial charge >= 0.3 is 5.97 Å². The molecule has 1 unspecified atom stereocenters. The summed E-state index contributed by atoms with van der Waals surface area (Å²) in [6.07, 6.45) is 4.42. The van der Waals surface area contributed by atoms with Crippen LogP contribution in [-0.2, 0) is 9.47 Å². The number of nitrogens with zero attached hydrogens (tertiary/aromatic N) is 2. The number of rotatable bonds is 4. The normalized spacial score (nSPS) is 17.9. The summed E-state index contributed by atoms with van der Waals surface area (Å²) in [7, 11) is 0. The molecule has 0 saturated carbocycles. The minimum Gasteiger partial charge on any atom is -0.459 e. The molecule has 0 radical (unpaired) electrons. The van der Waals surface area contributed by atoms with Gasteiger partial charge in [0.2, 0.25) is 0 Å². The third-order valence-corrected chi connectivity index (χ3v) is 3.98. The largest absolute Gasteiger partial charge is 0.459 e. The van der Waals surface area contributed by atoms with E-state index in [2.05, 4.69) is 5.10 Å². The first-order valence-electron chi connectivity index (χ1n) is 7.75. The van der Waals surface area contributed by atoms with Crippen molar-refractivity contribution >= 4 is 5.97 Å². The number of esters is 1. The SMILES string of the molecule is Cc1c(C(=O)OCC2CCCCO2)cnn1-c1ccccc1F. The highest BCUT2D eigenvalue weighted by atomic mass is 19.1. The lowest BCUT2D eigenvalue weighted by Gasteiger charge is -2.21. The summed E-state index contributed by atoms with van der Waals surface area (Å²) in [4.78, 5) is 12.2. The minimum absolute atomic E-state index is 0.0328. The summed E-state index contributed by atoms with van der Waals surface area (Å²) >= 11 is 0. The molecule has 1 fully saturated rings. The maximum atomic E-state index is 13.9. The smallest absolute Gasteiger partial charge is 0.341 e. The summed E-state index contributed by atoms with van der Waals surface area (Å²) in [5.74, 6) is -0.853. The van der Waals surface area contributed by atoms with Crippen LogP contribution in [0.4, 0.5) is 4.39 Å². The molecule has 1 aliphatic heterocycles. The van der Waals surface area contributed by atoms with Gasteiger partial charge in [-0.2, -0.15) is 5.10 Å². The van der Waals surface area contributed by atoms with Crippen molar-refractivity contribution < 1.29 is 18.7 Å². The van der Waals surface area contributed by atoms with E-state index < -0.39 is 11.8 Å². The van der Waals surface area contributed by atoms with Gasteiger partial charge in [-0.1, -0.05) is 12.1 Å². The van der Waals surface area contributed by atoms with Gasteiger partial charge in [0, 0.05) is 6.61 Å². The molecule has 2 heterocycles. The van der Waals surface area contributed by atoms with E-state index in [1.54, 1.807) is 25.1 Å². The van der Waals surface area contributed by atoms with Crippen molar-refractivity contribution in [2.24, 2.45) is 0 Å². The van der Waals surface area contributed by atoms with Gasteiger partial charge in [-0.3, -0.25) is 0 Å². The molecule has 0 amide bonds. The molecular weight excluding hydrogens is 299 g/mol. The number of hydrogen-bond donors (Lipinski definition) is 0. The molecule has 0 aliphatic carbocycles. The molecule has 2 aromatic rings. The molecule has 0 spiro atoms. The quantitative estimate of drug-likeness (QED) is 0.813. The zero-order valence-electron chi connectivity index (χ0n) is 13.0. The van der Waals surface area contributed by atoms with Crippen LogP contribution < -0.4 is 0 Å². The predicted molar refractivity (Wildman–Crippen MR) is 82.1 cm³/mol. The van der Waals surface area contributed by atoms with E-state index in [4.69, 9.17) is 9.47 Å². The average molecular weight is 318 g/mol. The van der Waals surface area contributed by atoms with Gasteiger partial charge in [-0.15, -0.1) is 0 Å². The van der Waals surface area contributed by atoms with Crippen molar-refractivity contribution in [2.75, 3.05) is 13.2 Å². The molecule has 1 aromatic heterocycles. The first-order chi connectivity index (χ1) is 11.2. The Kier molecular flexibility index (Phi) is 4.71. The standard InChI is InChI=1S/C17H19FN2O3/c1-12-14(17(21)23-11-13-6-4-5-9-22-13)10-19-20(12)16-8-3-2-7-15(16)18/h2-3,7-8,10,13H,4-6,9,11H2,1H3. The summed E-state index contributed by atoms with van der Waals surface area (Å²) in [5.41, 5.74) is 1.19. The lowest BCUT2D eigenvalue weighted by molar-refractivity contribution is -0.0300. The Morgan fingerprint density at radius 1 is 1.43 bits per heavy atom. The van der Waals surface area contributed by atoms with Crippen molar-refractivity contribution in [3.63, 3.8) is 0 Å². The van der Waals surface area contributed by atoms with Gasteiger partial charge < -0.3 is 9.47 Å². The summed E-state index contributed by atoms with van der Waals surface area (Å²) in [5, 5.41) is 4.11. The van der Waals surface area contributed by atoms with Crippen molar-refractivity contribution in [3.05, 3.63) is 47.5 Å². The summed E-state index contributed by atoms with van der Waals surface area (Å²) in [6, 6.07) is 6.30. The molecule has 1 saturated heterocycles. The van der Waals surface area contributed by atoms with Gasteiger partial charge in [0.05, 0.1) is 18.0 Å². The predicted octanol–water partition coefficient (Wildman–Crippen LogP) is 3.05. The van der Waals surface area contributed by atoms with Crippen LogP contribution in [-0.4, -0.2) is 35.1 Å². The summed E-state index contributed by atoms with van der Waals surface area (Å²) in [6.45, 7) is 2.67. The van der Waals surface area contributed by atoms with Gasteiger partial charge in [0.15, 0.2) is 0 Å². The fraction of sp³-hybridized carbons (Fsp3) is 0.412. The highest BCUT2D eigenvalue weighted by Crippen LogP contribution is 2.18. The number of halogens is 1. The number of aromatic nitrogens is 2. The second kappa shape index (κ2) is 6.91. The first kappa shape index (κ1) is 15.7. The number of ether oxygens (including phenoxy) is 2. The molecule has 1 atom stereocenters. The van der Waals surface area contributed by atoms with Crippen molar-refractivity contribution in [1.29, 1.82) is 0 Å². The molecule has 122 valence electrons. The maximum Gasteiger partial charge on any atom is 0.341 e. The highest BCUT2D eigenvalue weighted by Gasteiger charge is 2.20. The van der Waals surface area contributed by atoms with Crippen LogP contribution in [0.2, 0.25) is 0 Å². The van der Waals surface area contributed by atoms with Crippen molar-refractivity contribution in [2.45, 2.75) is 32.3 Å². The Bertz CT molecular complexity index is 693. The zero-order valence-corrected chi connectivity index (χ0v) is 13.0. The number of carbonyl (C=O) groups is 1. The van der Waals surface area contributed by atoms with E-state index in [0.29, 0.717) is 23.6 Å². The Hall–Kier alpha value is -2.21. The molecule has 1 aromatic carbocycles. The van der Waals surface area contributed by atoms with Crippen LogP contribution in [0.5, 0.6) is 0 Å². The van der Waals surface area contributed by atoms with Crippen molar-refractivity contribution in [3.8, 4) is 5.69 Å². The second-order valence-electron chi connectivity index (χ2n) is 5.59. The number of hydrogen-bond acceptors (Lipinski definition) is 4. The lowest BCUT2D eigenvalue weighted by atomic mass is 10.1. The molecular formula is C17H19FN2O3. The van der Waals surface area contributed by atoms with Gasteiger partial charge in [-0.25, -0.2) is 13.9 Å². The Morgan fingerprint density at radius 3 is 3.00 bits per heavy atom. The molecule has 6 heteroatoms. The van der Waals surface area contributed by atoms with E-state index in [9.17, 15) is 9.18 Å². The van der Waals surface area contributed by atoms with E-state index >= 15 is 0 Å². The second-order valence-corrected chi connectivity index (χ2v) is 5.59. The third-order valence-electron chi connectivity index (χ3n) is 3.98. The molecule has 23 heavy (non-hydrogen) atoms. The van der Waals surface area contributed by atoms with Crippen LogP contribution >= 0.6 is 0 Å². The van der Waals surface area contributed by atoms with Crippen LogP contribution in [0.3, 0.4) is 0 Å². The van der Waals surface area contributed by atoms with E-state index in [1.165, 1.54) is 16.9 Å². The fourth-order valence-corrected chi connectivity index (χ4v) is 2.66.